The van der Waals surface area contributed by atoms with E-state index in [1.54, 1.807) is 14.2 Å². The summed E-state index contributed by atoms with van der Waals surface area (Å²) in [4.78, 5) is 12.3. The van der Waals surface area contributed by atoms with E-state index in [1.165, 1.54) is 11.8 Å². The summed E-state index contributed by atoms with van der Waals surface area (Å²) in [6.45, 7) is 2.45. The lowest BCUT2D eigenvalue weighted by Gasteiger charge is -2.10. The van der Waals surface area contributed by atoms with Crippen molar-refractivity contribution in [2.75, 3.05) is 20.0 Å². The number of hydrogen-bond donors (Lipinski definition) is 1. The van der Waals surface area contributed by atoms with E-state index in [0.29, 0.717) is 23.2 Å². The molecule has 29 heavy (non-hydrogen) atoms. The van der Waals surface area contributed by atoms with Crippen LogP contribution in [-0.2, 0) is 18.4 Å². The lowest BCUT2D eigenvalue weighted by molar-refractivity contribution is -0.118. The Balaban J connectivity index is 1.57. The van der Waals surface area contributed by atoms with E-state index in [2.05, 4.69) is 15.5 Å². The van der Waals surface area contributed by atoms with E-state index in [9.17, 15) is 4.79 Å². The SMILES string of the molecule is COc1ccc(CNC(=O)CSc2nnc(-c3ccccc3C)n2C)cc1OC. The number of nitrogens with zero attached hydrogens (tertiary/aromatic N) is 3. The molecule has 152 valence electrons. The molecule has 1 heterocycles. The first-order valence-electron chi connectivity index (χ1n) is 9.09. The number of thioether (sulfide) groups is 1. The quantitative estimate of drug-likeness (QED) is 0.573. The van der Waals surface area contributed by atoms with Crippen molar-refractivity contribution >= 4 is 17.7 Å². The van der Waals surface area contributed by atoms with E-state index >= 15 is 0 Å². The minimum Gasteiger partial charge on any atom is -0.493 e. The Morgan fingerprint density at radius 3 is 2.59 bits per heavy atom. The Morgan fingerprint density at radius 1 is 1.10 bits per heavy atom. The molecule has 0 aliphatic heterocycles. The van der Waals surface area contributed by atoms with Gasteiger partial charge in [0.2, 0.25) is 5.91 Å². The van der Waals surface area contributed by atoms with Gasteiger partial charge in [-0.05, 0) is 30.2 Å². The van der Waals surface area contributed by atoms with Gasteiger partial charge in [0.25, 0.3) is 0 Å². The van der Waals surface area contributed by atoms with Crippen molar-refractivity contribution in [1.82, 2.24) is 20.1 Å². The first-order chi connectivity index (χ1) is 14.0. The summed E-state index contributed by atoms with van der Waals surface area (Å²) in [7, 11) is 5.09. The monoisotopic (exact) mass is 412 g/mol. The molecule has 1 aromatic heterocycles. The lowest BCUT2D eigenvalue weighted by Crippen LogP contribution is -2.24. The molecule has 0 saturated heterocycles. The Bertz CT molecular complexity index is 1000. The van der Waals surface area contributed by atoms with Crippen LogP contribution in [0, 0.1) is 6.92 Å². The van der Waals surface area contributed by atoms with Gasteiger partial charge in [-0.15, -0.1) is 10.2 Å². The number of amides is 1. The minimum atomic E-state index is -0.0785. The maximum atomic E-state index is 12.3. The van der Waals surface area contributed by atoms with Crippen LogP contribution in [-0.4, -0.2) is 40.6 Å². The molecule has 1 amide bonds. The van der Waals surface area contributed by atoms with Crippen molar-refractivity contribution in [3.8, 4) is 22.9 Å². The van der Waals surface area contributed by atoms with Crippen LogP contribution < -0.4 is 14.8 Å². The van der Waals surface area contributed by atoms with Gasteiger partial charge < -0.3 is 19.4 Å². The third-order valence-electron chi connectivity index (χ3n) is 4.49. The molecule has 0 spiro atoms. The van der Waals surface area contributed by atoms with E-state index in [-0.39, 0.29) is 11.7 Å². The van der Waals surface area contributed by atoms with Crippen molar-refractivity contribution < 1.29 is 14.3 Å². The zero-order chi connectivity index (χ0) is 20.8. The maximum Gasteiger partial charge on any atom is 0.230 e. The van der Waals surface area contributed by atoms with Gasteiger partial charge in [0.15, 0.2) is 22.5 Å². The number of nitrogens with one attached hydrogen (secondary N) is 1. The first-order valence-corrected chi connectivity index (χ1v) is 10.1. The predicted molar refractivity (Wildman–Crippen MR) is 113 cm³/mol. The second-order valence-corrected chi connectivity index (χ2v) is 7.38. The third kappa shape index (κ3) is 4.89. The number of aryl methyl sites for hydroxylation is 1. The molecule has 0 bridgehead atoms. The molecule has 2 aromatic carbocycles. The van der Waals surface area contributed by atoms with E-state index in [1.807, 2.05) is 61.0 Å². The summed E-state index contributed by atoms with van der Waals surface area (Å²) in [5.41, 5.74) is 3.10. The van der Waals surface area contributed by atoms with Gasteiger partial charge in [0.05, 0.1) is 20.0 Å². The molecular weight excluding hydrogens is 388 g/mol. The fraction of sp³-hybridized carbons (Fsp3) is 0.286. The zero-order valence-electron chi connectivity index (χ0n) is 16.9. The average Bonchev–Trinajstić information content (AvgIpc) is 3.11. The summed E-state index contributed by atoms with van der Waals surface area (Å²) in [5, 5.41) is 12.1. The second-order valence-electron chi connectivity index (χ2n) is 6.43. The number of hydrogen-bond acceptors (Lipinski definition) is 6. The average molecular weight is 413 g/mol. The normalized spacial score (nSPS) is 10.6. The van der Waals surface area contributed by atoms with Crippen LogP contribution in [0.4, 0.5) is 0 Å². The fourth-order valence-electron chi connectivity index (χ4n) is 2.87. The predicted octanol–water partition coefficient (Wildman–Crippen LogP) is 3.22. The molecule has 0 fully saturated rings. The van der Waals surface area contributed by atoms with Gasteiger partial charge in [0.1, 0.15) is 0 Å². The molecule has 0 radical (unpaired) electrons. The van der Waals surface area contributed by atoms with Crippen LogP contribution in [0.15, 0.2) is 47.6 Å². The van der Waals surface area contributed by atoms with Crippen LogP contribution in [0.25, 0.3) is 11.4 Å². The highest BCUT2D eigenvalue weighted by atomic mass is 32.2. The zero-order valence-corrected chi connectivity index (χ0v) is 17.7. The summed E-state index contributed by atoms with van der Waals surface area (Å²) >= 11 is 1.36. The van der Waals surface area contributed by atoms with E-state index in [4.69, 9.17) is 9.47 Å². The van der Waals surface area contributed by atoms with Crippen LogP contribution >= 0.6 is 11.8 Å². The van der Waals surface area contributed by atoms with Crippen LogP contribution in [0.3, 0.4) is 0 Å². The molecule has 1 N–H and O–H groups in total. The molecule has 0 saturated carbocycles. The van der Waals surface area contributed by atoms with Crippen molar-refractivity contribution in [1.29, 1.82) is 0 Å². The Morgan fingerprint density at radius 2 is 1.86 bits per heavy atom. The Labute approximate surface area is 174 Å². The fourth-order valence-corrected chi connectivity index (χ4v) is 3.61. The van der Waals surface area contributed by atoms with Gasteiger partial charge in [0, 0.05) is 19.2 Å². The number of ether oxygens (including phenoxy) is 2. The summed E-state index contributed by atoms with van der Waals surface area (Å²) in [6, 6.07) is 13.6. The lowest BCUT2D eigenvalue weighted by atomic mass is 10.1. The Hall–Kier alpha value is -3.00. The van der Waals surface area contributed by atoms with Gasteiger partial charge >= 0.3 is 0 Å². The first kappa shape index (κ1) is 20.7. The smallest absolute Gasteiger partial charge is 0.230 e. The molecule has 0 unspecified atom stereocenters. The number of methoxy groups -OCH3 is 2. The number of carbonyl (C=O) groups excluding carboxylic acids is 1. The highest BCUT2D eigenvalue weighted by molar-refractivity contribution is 7.99. The van der Waals surface area contributed by atoms with Crippen LogP contribution in [0.5, 0.6) is 11.5 Å². The largest absolute Gasteiger partial charge is 0.493 e. The standard InChI is InChI=1S/C21H24N4O3S/c1-14-7-5-6-8-16(14)20-23-24-21(25(20)2)29-13-19(26)22-12-15-9-10-17(27-3)18(11-15)28-4/h5-11H,12-13H2,1-4H3,(H,22,26). The number of carbonyl (C=O) groups is 1. The molecule has 7 nitrogen and oxygen atoms in total. The molecule has 8 heteroatoms. The van der Waals surface area contributed by atoms with Crippen LogP contribution in [0.2, 0.25) is 0 Å². The van der Waals surface area contributed by atoms with Gasteiger partial charge in [-0.25, -0.2) is 0 Å². The highest BCUT2D eigenvalue weighted by Crippen LogP contribution is 2.27. The van der Waals surface area contributed by atoms with Crippen LogP contribution in [0.1, 0.15) is 11.1 Å². The molecule has 3 aromatic rings. The van der Waals surface area contributed by atoms with Crippen molar-refractivity contribution in [2.45, 2.75) is 18.6 Å². The number of aromatic nitrogens is 3. The number of benzene rings is 2. The molecule has 3 rings (SSSR count). The second kappa shape index (κ2) is 9.47. The third-order valence-corrected chi connectivity index (χ3v) is 5.51. The summed E-state index contributed by atoms with van der Waals surface area (Å²) in [5.74, 6) is 2.26. The summed E-state index contributed by atoms with van der Waals surface area (Å²) in [6.07, 6.45) is 0. The topological polar surface area (TPSA) is 78.3 Å². The van der Waals surface area contributed by atoms with Crippen molar-refractivity contribution in [3.63, 3.8) is 0 Å². The molecule has 0 aliphatic carbocycles. The van der Waals surface area contributed by atoms with E-state index < -0.39 is 0 Å². The highest BCUT2D eigenvalue weighted by Gasteiger charge is 2.14. The van der Waals surface area contributed by atoms with Crippen molar-refractivity contribution in [3.05, 3.63) is 53.6 Å². The molecular formula is C21H24N4O3S. The van der Waals surface area contributed by atoms with Crippen molar-refractivity contribution in [2.24, 2.45) is 7.05 Å². The molecule has 0 aliphatic rings. The summed E-state index contributed by atoms with van der Waals surface area (Å²) < 4.78 is 12.4. The molecule has 0 atom stereocenters. The van der Waals surface area contributed by atoms with Gasteiger partial charge in [-0.2, -0.15) is 0 Å². The minimum absolute atomic E-state index is 0.0785. The van der Waals surface area contributed by atoms with Gasteiger partial charge in [-0.3, -0.25) is 4.79 Å². The van der Waals surface area contributed by atoms with Gasteiger partial charge in [-0.1, -0.05) is 42.1 Å². The van der Waals surface area contributed by atoms with E-state index in [0.717, 1.165) is 22.5 Å². The Kier molecular flexibility index (Phi) is 6.77. The maximum absolute atomic E-state index is 12.3. The number of rotatable bonds is 8.